The Bertz CT molecular complexity index is 1390. The number of aryl methyl sites for hydroxylation is 1. The molecule has 11 heteroatoms. The Morgan fingerprint density at radius 2 is 2.03 bits per heavy atom. The number of nitrogens with zero attached hydrogens (tertiary/aromatic N) is 4. The first-order valence-electron chi connectivity index (χ1n) is 11.2. The maximum Gasteiger partial charge on any atom is 0.259 e. The molecule has 0 fully saturated rings. The summed E-state index contributed by atoms with van der Waals surface area (Å²) in [6, 6.07) is 8.46. The molecule has 10 nitrogen and oxygen atoms in total. The predicted molar refractivity (Wildman–Crippen MR) is 132 cm³/mol. The molecule has 1 aliphatic rings. The van der Waals surface area contributed by atoms with E-state index in [4.69, 9.17) is 10.5 Å². The molecule has 35 heavy (non-hydrogen) atoms. The molecule has 0 atom stereocenters. The molecule has 0 spiro atoms. The number of rotatable bonds is 8. The van der Waals surface area contributed by atoms with E-state index in [2.05, 4.69) is 26.6 Å². The Morgan fingerprint density at radius 3 is 2.80 bits per heavy atom. The van der Waals surface area contributed by atoms with E-state index in [1.807, 2.05) is 24.6 Å². The molecule has 0 saturated carbocycles. The maximum atomic E-state index is 13.0. The summed E-state index contributed by atoms with van der Waals surface area (Å²) in [6.07, 6.45) is 6.89. The zero-order valence-corrected chi connectivity index (χ0v) is 20.7. The van der Waals surface area contributed by atoms with Gasteiger partial charge in [0.05, 0.1) is 16.9 Å². The molecule has 4 rings (SSSR count). The highest BCUT2D eigenvalue weighted by Gasteiger charge is 2.27. The van der Waals surface area contributed by atoms with E-state index in [-0.39, 0.29) is 24.1 Å². The lowest BCUT2D eigenvalue weighted by atomic mass is 10.0. The number of benzene rings is 1. The van der Waals surface area contributed by atoms with Crippen LogP contribution >= 0.6 is 0 Å². The smallest absolute Gasteiger partial charge is 0.259 e. The number of aromatic nitrogens is 3. The van der Waals surface area contributed by atoms with Crippen LogP contribution in [0.5, 0.6) is 5.75 Å². The number of carbonyl (C=O) groups excluding carboxylic acids is 1. The molecule has 0 aliphatic carbocycles. The lowest BCUT2D eigenvalue weighted by molar-refractivity contribution is 0.0880. The Balaban J connectivity index is 1.47. The van der Waals surface area contributed by atoms with Gasteiger partial charge in [0.15, 0.2) is 0 Å². The Morgan fingerprint density at radius 1 is 1.23 bits per heavy atom. The predicted octanol–water partition coefficient (Wildman–Crippen LogP) is 2.36. The summed E-state index contributed by atoms with van der Waals surface area (Å²) >= 11 is 0. The molecule has 2 aromatic heterocycles. The van der Waals surface area contributed by atoms with Crippen molar-refractivity contribution in [2.45, 2.75) is 44.9 Å². The fourth-order valence-electron chi connectivity index (χ4n) is 3.85. The zero-order valence-electron chi connectivity index (χ0n) is 19.9. The highest BCUT2D eigenvalue weighted by molar-refractivity contribution is 7.89. The summed E-state index contributed by atoms with van der Waals surface area (Å²) in [4.78, 5) is 21.8. The monoisotopic (exact) mass is 496 g/mol. The molecule has 0 bridgehead atoms. The molecule has 3 N–H and O–H groups in total. The largest absolute Gasteiger partial charge is 0.490 e. The number of imidazole rings is 1. The van der Waals surface area contributed by atoms with Crippen molar-refractivity contribution in [3.05, 3.63) is 71.4 Å². The van der Waals surface area contributed by atoms with Gasteiger partial charge in [-0.25, -0.2) is 18.4 Å². The summed E-state index contributed by atoms with van der Waals surface area (Å²) in [5, 5.41) is 2.99. The van der Waals surface area contributed by atoms with Gasteiger partial charge in [-0.05, 0) is 44.0 Å². The van der Waals surface area contributed by atoms with Crippen molar-refractivity contribution in [3.63, 3.8) is 0 Å². The van der Waals surface area contributed by atoms with E-state index in [9.17, 15) is 13.2 Å². The van der Waals surface area contributed by atoms with Crippen molar-refractivity contribution < 1.29 is 17.9 Å². The quantitative estimate of drug-likeness (QED) is 0.487. The van der Waals surface area contributed by atoms with Gasteiger partial charge in [-0.2, -0.15) is 0 Å². The highest BCUT2D eigenvalue weighted by atomic mass is 32.2. The second-order valence-corrected chi connectivity index (χ2v) is 10.6. The van der Waals surface area contributed by atoms with Crippen LogP contribution in [-0.4, -0.2) is 46.8 Å². The van der Waals surface area contributed by atoms with Crippen LogP contribution < -0.4 is 15.8 Å². The molecule has 184 valence electrons. The van der Waals surface area contributed by atoms with Crippen molar-refractivity contribution in [1.82, 2.24) is 19.9 Å². The maximum absolute atomic E-state index is 13.0. The normalized spacial score (nSPS) is 14.7. The first-order valence-corrected chi connectivity index (χ1v) is 12.8. The van der Waals surface area contributed by atoms with Gasteiger partial charge >= 0.3 is 0 Å². The molecule has 0 saturated heterocycles. The number of carbonyl (C=O) groups is 1. The molecule has 1 amide bonds. The molecule has 3 heterocycles. The highest BCUT2D eigenvalue weighted by Crippen LogP contribution is 2.28. The van der Waals surface area contributed by atoms with Crippen LogP contribution in [0.25, 0.3) is 5.82 Å². The number of fused-ring (bicyclic) bond motifs is 1. The third-order valence-electron chi connectivity index (χ3n) is 5.43. The Kier molecular flexibility index (Phi) is 6.62. The third-order valence-corrected chi connectivity index (χ3v) is 6.58. The number of sulfonamides is 1. The van der Waals surface area contributed by atoms with Crippen molar-refractivity contribution in [2.24, 2.45) is 10.1 Å². The van der Waals surface area contributed by atoms with Crippen LogP contribution in [0.3, 0.4) is 0 Å². The van der Waals surface area contributed by atoms with Crippen LogP contribution in [0, 0.1) is 0 Å². The number of nitrogens with two attached hydrogens (primary N) is 1. The van der Waals surface area contributed by atoms with Crippen molar-refractivity contribution in [1.29, 1.82) is 0 Å². The van der Waals surface area contributed by atoms with Gasteiger partial charge in [0.2, 0.25) is 0 Å². The van der Waals surface area contributed by atoms with E-state index in [0.29, 0.717) is 28.3 Å². The summed E-state index contributed by atoms with van der Waals surface area (Å²) in [6.45, 7) is 5.86. The van der Waals surface area contributed by atoms with Crippen molar-refractivity contribution >= 4 is 21.8 Å². The number of hydrogen-bond donors (Lipinski definition) is 2. The molecular formula is C24H28N6O4S. The summed E-state index contributed by atoms with van der Waals surface area (Å²) < 4.78 is 35.2. The second-order valence-electron chi connectivity index (χ2n) is 8.99. The third kappa shape index (κ3) is 5.51. The van der Waals surface area contributed by atoms with Crippen LogP contribution in [0.2, 0.25) is 0 Å². The van der Waals surface area contributed by atoms with Crippen LogP contribution in [0.1, 0.15) is 54.5 Å². The number of ether oxygens (including phenoxy) is 1. The fraction of sp³-hybridized carbons (Fsp3) is 0.333. The van der Waals surface area contributed by atoms with E-state index in [1.54, 1.807) is 42.7 Å². The SMILES string of the molecule is CCCc1nccn1-c1cc(C(=O)NC(C)(C)COc2cccc3c2C(N)=NS(=O)(=O)C3)ccn1. The molecule has 1 aromatic carbocycles. The molecular weight excluding hydrogens is 468 g/mol. The van der Waals surface area contributed by atoms with E-state index < -0.39 is 15.6 Å². The number of nitrogens with one attached hydrogen (secondary N) is 1. The van der Waals surface area contributed by atoms with Crippen LogP contribution in [0.4, 0.5) is 0 Å². The molecule has 0 radical (unpaired) electrons. The van der Waals surface area contributed by atoms with E-state index in [0.717, 1.165) is 18.7 Å². The minimum atomic E-state index is -3.64. The van der Waals surface area contributed by atoms with E-state index >= 15 is 0 Å². The first-order chi connectivity index (χ1) is 16.6. The van der Waals surface area contributed by atoms with Gasteiger partial charge in [-0.1, -0.05) is 19.1 Å². The number of hydrogen-bond acceptors (Lipinski definition) is 7. The lowest BCUT2D eigenvalue weighted by Crippen LogP contribution is -2.48. The van der Waals surface area contributed by atoms with Gasteiger partial charge in [-0.3, -0.25) is 9.36 Å². The van der Waals surface area contributed by atoms with Crippen LogP contribution in [-0.2, 0) is 22.2 Å². The zero-order chi connectivity index (χ0) is 25.2. The van der Waals surface area contributed by atoms with E-state index in [1.165, 1.54) is 0 Å². The first kappa shape index (κ1) is 24.4. The number of amides is 1. The number of pyridine rings is 1. The number of amidine groups is 1. The molecule has 0 unspecified atom stereocenters. The van der Waals surface area contributed by atoms with Gasteiger partial charge in [0, 0.05) is 30.6 Å². The minimum Gasteiger partial charge on any atom is -0.490 e. The average Bonchev–Trinajstić information content (AvgIpc) is 3.25. The standard InChI is InChI=1S/C24H28N6O4S/c1-4-6-19-27-11-12-30(19)20-13-16(9-10-26-20)23(31)28-24(2,3)15-34-18-8-5-7-17-14-35(32,33)29-22(25)21(17)18/h5,7-13H,4,6,14-15H2,1-3H3,(H2,25,29)(H,28,31). The van der Waals surface area contributed by atoms with Gasteiger partial charge in [0.1, 0.15) is 29.8 Å². The summed E-state index contributed by atoms with van der Waals surface area (Å²) in [5.41, 5.74) is 6.61. The Hall–Kier alpha value is -3.73. The van der Waals surface area contributed by atoms with Gasteiger partial charge in [0.25, 0.3) is 15.9 Å². The van der Waals surface area contributed by atoms with Crippen molar-refractivity contribution in [2.75, 3.05) is 6.61 Å². The molecule has 1 aliphatic heterocycles. The summed E-state index contributed by atoms with van der Waals surface area (Å²) in [5.74, 6) is 1.30. The minimum absolute atomic E-state index is 0.102. The molecule has 3 aromatic rings. The average molecular weight is 497 g/mol. The lowest BCUT2D eigenvalue weighted by Gasteiger charge is -2.27. The fourth-order valence-corrected chi connectivity index (χ4v) is 4.94. The topological polar surface area (TPSA) is 142 Å². The van der Waals surface area contributed by atoms with Gasteiger partial charge in [-0.15, -0.1) is 4.40 Å². The van der Waals surface area contributed by atoms with Crippen molar-refractivity contribution in [3.8, 4) is 11.6 Å². The Labute approximate surface area is 204 Å². The van der Waals surface area contributed by atoms with Crippen LogP contribution in [0.15, 0.2) is 53.3 Å². The second kappa shape index (κ2) is 9.49. The summed E-state index contributed by atoms with van der Waals surface area (Å²) in [7, 11) is -3.64. The van der Waals surface area contributed by atoms with Gasteiger partial charge < -0.3 is 15.8 Å².